The molecular weight excluding hydrogens is 308 g/mol. The van der Waals surface area contributed by atoms with Gasteiger partial charge < -0.3 is 14.5 Å². The lowest BCUT2D eigenvalue weighted by Gasteiger charge is -2.34. The van der Waals surface area contributed by atoms with Crippen LogP contribution in [0, 0.1) is 11.3 Å². The van der Waals surface area contributed by atoms with Crippen molar-refractivity contribution in [3.63, 3.8) is 0 Å². The zero-order valence-electron chi connectivity index (χ0n) is 13.2. The number of ether oxygens (including phenoxy) is 1. The number of rotatable bonds is 3. The number of anilines is 1. The summed E-state index contributed by atoms with van der Waals surface area (Å²) in [6.07, 6.45) is 3.15. The Kier molecular flexibility index (Phi) is 4.52. The Morgan fingerprint density at radius 1 is 1.21 bits per heavy atom. The fourth-order valence-corrected chi connectivity index (χ4v) is 2.55. The van der Waals surface area contributed by atoms with Crippen LogP contribution in [0.3, 0.4) is 0 Å². The highest BCUT2D eigenvalue weighted by atomic mass is 16.5. The summed E-state index contributed by atoms with van der Waals surface area (Å²) in [7, 11) is 1.56. The van der Waals surface area contributed by atoms with Gasteiger partial charge >= 0.3 is 0 Å². The number of hydrogen-bond donors (Lipinski definition) is 0. The van der Waals surface area contributed by atoms with Crippen molar-refractivity contribution < 1.29 is 9.53 Å². The molecule has 1 aliphatic rings. The highest BCUT2D eigenvalue weighted by Gasteiger charge is 2.25. The van der Waals surface area contributed by atoms with Gasteiger partial charge in [-0.05, 0) is 12.1 Å². The lowest BCUT2D eigenvalue weighted by Crippen LogP contribution is -2.49. The van der Waals surface area contributed by atoms with Crippen molar-refractivity contribution in [2.75, 3.05) is 38.2 Å². The Morgan fingerprint density at radius 2 is 2.00 bits per heavy atom. The van der Waals surface area contributed by atoms with Gasteiger partial charge in [0.2, 0.25) is 11.8 Å². The van der Waals surface area contributed by atoms with Gasteiger partial charge in [0.1, 0.15) is 6.07 Å². The number of hydrogen-bond acceptors (Lipinski definition) is 7. The van der Waals surface area contributed by atoms with Gasteiger partial charge in [0.25, 0.3) is 5.91 Å². The zero-order chi connectivity index (χ0) is 16.9. The normalized spacial score (nSPS) is 14.2. The van der Waals surface area contributed by atoms with Crippen LogP contribution in [0.25, 0.3) is 0 Å². The molecule has 2 aromatic rings. The maximum Gasteiger partial charge on any atom is 0.256 e. The summed E-state index contributed by atoms with van der Waals surface area (Å²) in [5.74, 6) is 0.916. The fourth-order valence-electron chi connectivity index (χ4n) is 2.55. The van der Waals surface area contributed by atoms with E-state index in [1.165, 1.54) is 6.20 Å². The summed E-state index contributed by atoms with van der Waals surface area (Å²) < 4.78 is 5.11. The van der Waals surface area contributed by atoms with Gasteiger partial charge in [0.15, 0.2) is 5.69 Å². The first-order valence-electron chi connectivity index (χ1n) is 7.49. The van der Waals surface area contributed by atoms with Gasteiger partial charge in [-0.1, -0.05) is 0 Å². The second kappa shape index (κ2) is 6.91. The number of amides is 1. The number of carbonyl (C=O) groups is 1. The summed E-state index contributed by atoms with van der Waals surface area (Å²) >= 11 is 0. The Hall–Kier alpha value is -3.21. The molecule has 24 heavy (non-hydrogen) atoms. The SMILES string of the molecule is COc1ccnc(N2CCN(C(=O)c3cccnc3C#N)CC2)n1. The molecule has 1 saturated heterocycles. The Morgan fingerprint density at radius 3 is 2.71 bits per heavy atom. The van der Waals surface area contributed by atoms with E-state index in [-0.39, 0.29) is 11.6 Å². The van der Waals surface area contributed by atoms with E-state index < -0.39 is 0 Å². The van der Waals surface area contributed by atoms with Crippen molar-refractivity contribution in [2.24, 2.45) is 0 Å². The highest BCUT2D eigenvalue weighted by Crippen LogP contribution is 2.16. The molecule has 0 saturated carbocycles. The number of piperazine rings is 1. The number of nitrogens with zero attached hydrogens (tertiary/aromatic N) is 6. The topological polar surface area (TPSA) is 95.2 Å². The van der Waals surface area contributed by atoms with Gasteiger partial charge in [-0.3, -0.25) is 4.79 Å². The minimum absolute atomic E-state index is 0.154. The van der Waals surface area contributed by atoms with Crippen molar-refractivity contribution in [2.45, 2.75) is 0 Å². The zero-order valence-corrected chi connectivity index (χ0v) is 13.2. The predicted octanol–water partition coefficient (Wildman–Crippen LogP) is 0.714. The molecule has 3 heterocycles. The summed E-state index contributed by atoms with van der Waals surface area (Å²) in [6, 6.07) is 6.94. The second-order valence-electron chi connectivity index (χ2n) is 5.19. The molecule has 0 atom stereocenters. The Bertz CT molecular complexity index is 780. The first-order valence-corrected chi connectivity index (χ1v) is 7.49. The van der Waals surface area contributed by atoms with E-state index in [2.05, 4.69) is 15.0 Å². The van der Waals surface area contributed by atoms with Gasteiger partial charge in [-0.2, -0.15) is 10.2 Å². The Labute approximate surface area is 139 Å². The molecule has 0 aliphatic carbocycles. The molecule has 0 aromatic carbocycles. The number of carbonyl (C=O) groups excluding carboxylic acids is 1. The van der Waals surface area contributed by atoms with Crippen LogP contribution in [0.1, 0.15) is 16.1 Å². The minimum Gasteiger partial charge on any atom is -0.481 e. The van der Waals surface area contributed by atoms with Gasteiger partial charge in [0.05, 0.1) is 12.7 Å². The molecule has 122 valence electrons. The third-order valence-corrected chi connectivity index (χ3v) is 3.82. The van der Waals surface area contributed by atoms with Crippen LogP contribution in [-0.2, 0) is 0 Å². The molecule has 0 unspecified atom stereocenters. The number of methoxy groups -OCH3 is 1. The first-order chi connectivity index (χ1) is 11.7. The quantitative estimate of drug-likeness (QED) is 0.820. The second-order valence-corrected chi connectivity index (χ2v) is 5.19. The molecule has 0 bridgehead atoms. The van der Waals surface area contributed by atoms with Gasteiger partial charge in [-0.25, -0.2) is 9.97 Å². The van der Waals surface area contributed by atoms with E-state index >= 15 is 0 Å². The molecule has 1 aliphatic heterocycles. The minimum atomic E-state index is -0.175. The maximum absolute atomic E-state index is 12.6. The van der Waals surface area contributed by atoms with E-state index in [0.717, 1.165) is 0 Å². The van der Waals surface area contributed by atoms with Crippen LogP contribution in [-0.4, -0.2) is 59.0 Å². The van der Waals surface area contributed by atoms with E-state index in [0.29, 0.717) is 43.6 Å². The predicted molar refractivity (Wildman–Crippen MR) is 85.7 cm³/mol. The Balaban J connectivity index is 1.68. The summed E-state index contributed by atoms with van der Waals surface area (Å²) in [5, 5.41) is 9.09. The molecule has 1 fully saturated rings. The number of aromatic nitrogens is 3. The van der Waals surface area contributed by atoms with Crippen molar-refractivity contribution >= 4 is 11.9 Å². The largest absolute Gasteiger partial charge is 0.481 e. The van der Waals surface area contributed by atoms with Crippen molar-refractivity contribution in [3.05, 3.63) is 41.9 Å². The van der Waals surface area contributed by atoms with E-state index in [4.69, 9.17) is 10.00 Å². The van der Waals surface area contributed by atoms with E-state index in [9.17, 15) is 4.79 Å². The van der Waals surface area contributed by atoms with Gasteiger partial charge in [-0.15, -0.1) is 0 Å². The third-order valence-electron chi connectivity index (χ3n) is 3.82. The smallest absolute Gasteiger partial charge is 0.256 e. The van der Waals surface area contributed by atoms with Crippen molar-refractivity contribution in [1.82, 2.24) is 19.9 Å². The van der Waals surface area contributed by atoms with Crippen molar-refractivity contribution in [3.8, 4) is 11.9 Å². The van der Waals surface area contributed by atoms with Crippen molar-refractivity contribution in [1.29, 1.82) is 5.26 Å². The molecule has 2 aromatic heterocycles. The van der Waals surface area contributed by atoms with Crippen LogP contribution < -0.4 is 9.64 Å². The number of nitriles is 1. The standard InChI is InChI=1S/C16H16N6O2/c1-24-14-4-6-19-16(20-14)22-9-7-21(8-10-22)15(23)12-3-2-5-18-13(12)11-17/h2-6H,7-10H2,1H3. The first kappa shape index (κ1) is 15.7. The molecular formula is C16H16N6O2. The van der Waals surface area contributed by atoms with Crippen LogP contribution in [0.15, 0.2) is 30.6 Å². The van der Waals surface area contributed by atoms with Crippen LogP contribution in [0.4, 0.5) is 5.95 Å². The average Bonchev–Trinajstić information content (AvgIpc) is 2.67. The molecule has 8 nitrogen and oxygen atoms in total. The monoisotopic (exact) mass is 324 g/mol. The highest BCUT2D eigenvalue weighted by molar-refractivity contribution is 5.96. The number of pyridine rings is 1. The summed E-state index contributed by atoms with van der Waals surface area (Å²) in [6.45, 7) is 2.28. The lowest BCUT2D eigenvalue weighted by molar-refractivity contribution is 0.0745. The molecule has 1 amide bonds. The van der Waals surface area contributed by atoms with Crippen LogP contribution >= 0.6 is 0 Å². The average molecular weight is 324 g/mol. The summed E-state index contributed by atoms with van der Waals surface area (Å²) in [4.78, 5) is 28.8. The van der Waals surface area contributed by atoms with Gasteiger partial charge in [0, 0.05) is 44.6 Å². The van der Waals surface area contributed by atoms with E-state index in [1.807, 2.05) is 11.0 Å². The maximum atomic E-state index is 12.6. The molecule has 0 N–H and O–H groups in total. The summed E-state index contributed by atoms with van der Waals surface area (Å²) in [5.41, 5.74) is 0.493. The lowest BCUT2D eigenvalue weighted by atomic mass is 10.1. The molecule has 8 heteroatoms. The third kappa shape index (κ3) is 3.10. The van der Waals surface area contributed by atoms with E-state index in [1.54, 1.807) is 36.4 Å². The molecule has 3 rings (SSSR count). The fraction of sp³-hybridized carbons (Fsp3) is 0.312. The molecule has 0 spiro atoms. The molecule has 0 radical (unpaired) electrons. The van der Waals surface area contributed by atoms with Crippen LogP contribution in [0.2, 0.25) is 0 Å². The van der Waals surface area contributed by atoms with Crippen LogP contribution in [0.5, 0.6) is 5.88 Å².